The van der Waals surface area contributed by atoms with Gasteiger partial charge in [0.2, 0.25) is 6.20 Å². The topological polar surface area (TPSA) is 95.3 Å². The number of rotatable bonds is 6. The summed E-state index contributed by atoms with van der Waals surface area (Å²) in [5.74, 6) is -1.14. The van der Waals surface area contributed by atoms with E-state index in [2.05, 4.69) is 9.79 Å². The van der Waals surface area contributed by atoms with E-state index in [1.165, 1.54) is 16.8 Å². The van der Waals surface area contributed by atoms with Crippen LogP contribution >= 0.6 is 0 Å². The molecule has 9 heteroatoms. The fourth-order valence-electron chi connectivity index (χ4n) is 4.45. The highest BCUT2D eigenvalue weighted by atomic mass is 19.1. The number of hydrogen-bond acceptors (Lipinski definition) is 5. The third-order valence-electron chi connectivity index (χ3n) is 6.18. The molecule has 1 amide bonds. The van der Waals surface area contributed by atoms with E-state index in [1.54, 1.807) is 21.6 Å². The van der Waals surface area contributed by atoms with Crippen molar-refractivity contribution in [3.05, 3.63) is 111 Å². The van der Waals surface area contributed by atoms with Crippen LogP contribution in [-0.4, -0.2) is 27.2 Å². The molecule has 0 atom stereocenters. The van der Waals surface area contributed by atoms with Crippen molar-refractivity contribution in [1.82, 2.24) is 14.7 Å². The van der Waals surface area contributed by atoms with E-state index >= 15 is 0 Å². The van der Waals surface area contributed by atoms with Gasteiger partial charge in [0, 0.05) is 37.2 Å². The van der Waals surface area contributed by atoms with Gasteiger partial charge in [-0.15, -0.1) is 0 Å². The van der Waals surface area contributed by atoms with Crippen molar-refractivity contribution < 1.29 is 23.5 Å². The normalized spacial score (nSPS) is 13.0. The highest BCUT2D eigenvalue weighted by Crippen LogP contribution is 2.21. The standard InChI is InChI=1S/C26H23FN4O4/c27-22-8-6-19(7-9-22)14-31-23-10-11-29(24(32)16-30-17-25(33)35-28-30)15-21(23)13-20(26(31)34)12-18-4-2-1-3-5-18/h1-9,13,17H,10-12,14-16H2. The Morgan fingerprint density at radius 3 is 2.60 bits per heavy atom. The molecule has 2 aromatic heterocycles. The molecular weight excluding hydrogens is 451 g/mol. The minimum Gasteiger partial charge on any atom is -0.539 e. The van der Waals surface area contributed by atoms with Crippen LogP contribution in [0.2, 0.25) is 0 Å². The Morgan fingerprint density at radius 2 is 1.89 bits per heavy atom. The Labute approximate surface area is 200 Å². The highest BCUT2D eigenvalue weighted by molar-refractivity contribution is 5.75. The third kappa shape index (κ3) is 4.98. The van der Waals surface area contributed by atoms with Crippen LogP contribution in [0.1, 0.15) is 27.9 Å². The average molecular weight is 474 g/mol. The maximum atomic E-state index is 13.5. The second kappa shape index (κ2) is 9.54. The molecule has 0 spiro atoms. The van der Waals surface area contributed by atoms with E-state index in [0.717, 1.165) is 28.6 Å². The van der Waals surface area contributed by atoms with Crippen LogP contribution in [0.3, 0.4) is 0 Å². The number of pyridine rings is 1. The molecule has 0 saturated heterocycles. The minimum absolute atomic E-state index is 0.0853. The first-order valence-electron chi connectivity index (χ1n) is 11.3. The summed E-state index contributed by atoms with van der Waals surface area (Å²) in [5, 5.41) is 14.8. The van der Waals surface area contributed by atoms with Crippen LogP contribution in [0.25, 0.3) is 0 Å². The zero-order valence-electron chi connectivity index (χ0n) is 18.9. The summed E-state index contributed by atoms with van der Waals surface area (Å²) < 4.78 is 20.9. The molecule has 1 aliphatic heterocycles. The monoisotopic (exact) mass is 474 g/mol. The molecule has 178 valence electrons. The lowest BCUT2D eigenvalue weighted by atomic mass is 9.98. The van der Waals surface area contributed by atoms with Crippen LogP contribution in [0, 0.1) is 5.82 Å². The van der Waals surface area contributed by atoms with Gasteiger partial charge in [-0.1, -0.05) is 47.1 Å². The predicted molar refractivity (Wildman–Crippen MR) is 121 cm³/mol. The third-order valence-corrected chi connectivity index (χ3v) is 6.18. The van der Waals surface area contributed by atoms with E-state index < -0.39 is 5.95 Å². The lowest BCUT2D eigenvalue weighted by Gasteiger charge is -2.30. The fraction of sp³-hybridized carbons (Fsp3) is 0.231. The Kier molecular flexibility index (Phi) is 6.13. The van der Waals surface area contributed by atoms with Gasteiger partial charge in [0.05, 0.1) is 11.8 Å². The number of hydrogen-bond donors (Lipinski definition) is 0. The number of carbonyl (C=O) groups excluding carboxylic acids is 1. The number of nitrogens with zero attached hydrogens (tertiary/aromatic N) is 4. The SMILES string of the molecule is O=C(C[n+]1cc([O-])on1)N1CCc2c(cc(Cc3ccccc3)c(=O)n2Cc2ccc(F)cc2)C1. The van der Waals surface area contributed by atoms with Gasteiger partial charge in [-0.3, -0.25) is 9.59 Å². The molecule has 8 nitrogen and oxygen atoms in total. The number of aromatic nitrogens is 3. The largest absolute Gasteiger partial charge is 0.539 e. The summed E-state index contributed by atoms with van der Waals surface area (Å²) in [6.07, 6.45) is 2.10. The molecular formula is C26H23FN4O4. The second-order valence-electron chi connectivity index (χ2n) is 8.61. The first-order valence-corrected chi connectivity index (χ1v) is 11.3. The minimum atomic E-state index is -0.614. The molecule has 3 heterocycles. The number of amides is 1. The van der Waals surface area contributed by atoms with Crippen molar-refractivity contribution in [2.24, 2.45) is 0 Å². The summed E-state index contributed by atoms with van der Waals surface area (Å²) in [7, 11) is 0. The van der Waals surface area contributed by atoms with Crippen molar-refractivity contribution in [3.63, 3.8) is 0 Å². The Hall–Kier alpha value is -4.27. The van der Waals surface area contributed by atoms with Crippen LogP contribution < -0.4 is 15.3 Å². The van der Waals surface area contributed by atoms with Crippen molar-refractivity contribution in [3.8, 4) is 5.95 Å². The van der Waals surface area contributed by atoms with Crippen molar-refractivity contribution in [2.75, 3.05) is 6.54 Å². The van der Waals surface area contributed by atoms with Gasteiger partial charge in [-0.25, -0.2) is 4.39 Å². The summed E-state index contributed by atoms with van der Waals surface area (Å²) >= 11 is 0. The van der Waals surface area contributed by atoms with Crippen LogP contribution in [0.4, 0.5) is 4.39 Å². The molecule has 35 heavy (non-hydrogen) atoms. The van der Waals surface area contributed by atoms with Crippen molar-refractivity contribution in [2.45, 2.75) is 32.5 Å². The van der Waals surface area contributed by atoms with Gasteiger partial charge >= 0.3 is 0 Å². The van der Waals surface area contributed by atoms with Gasteiger partial charge in [0.15, 0.2) is 0 Å². The number of fused-ring (bicyclic) bond motifs is 1. The van der Waals surface area contributed by atoms with E-state index in [0.29, 0.717) is 38.0 Å². The lowest BCUT2D eigenvalue weighted by Crippen LogP contribution is -2.47. The summed E-state index contributed by atoms with van der Waals surface area (Å²) in [4.78, 5) is 28.1. The van der Waals surface area contributed by atoms with Crippen LogP contribution in [0.5, 0.6) is 5.95 Å². The molecule has 0 bridgehead atoms. The number of benzene rings is 2. The van der Waals surface area contributed by atoms with Gasteiger partial charge in [0.1, 0.15) is 11.8 Å². The van der Waals surface area contributed by atoms with Crippen LogP contribution in [-0.2, 0) is 37.3 Å². The summed E-state index contributed by atoms with van der Waals surface area (Å²) in [6.45, 7) is 0.976. The molecule has 0 saturated carbocycles. The smallest absolute Gasteiger partial charge is 0.291 e. The quantitative estimate of drug-likeness (QED) is 0.395. The molecule has 0 radical (unpaired) electrons. The van der Waals surface area contributed by atoms with Crippen molar-refractivity contribution >= 4 is 5.91 Å². The van der Waals surface area contributed by atoms with Crippen LogP contribution in [0.15, 0.2) is 76.2 Å². The highest BCUT2D eigenvalue weighted by Gasteiger charge is 2.27. The summed E-state index contributed by atoms with van der Waals surface area (Å²) in [5.41, 5.74) is 4.15. The predicted octanol–water partition coefficient (Wildman–Crippen LogP) is 1.56. The molecule has 0 aliphatic carbocycles. The first kappa shape index (κ1) is 22.5. The fourth-order valence-corrected chi connectivity index (χ4v) is 4.45. The van der Waals surface area contributed by atoms with Gasteiger partial charge in [-0.2, -0.15) is 0 Å². The summed E-state index contributed by atoms with van der Waals surface area (Å²) in [6, 6.07) is 17.7. The Balaban J connectivity index is 1.48. The zero-order valence-corrected chi connectivity index (χ0v) is 18.9. The van der Waals surface area contributed by atoms with E-state index in [4.69, 9.17) is 0 Å². The molecule has 0 fully saturated rings. The molecule has 1 aliphatic rings. The lowest BCUT2D eigenvalue weighted by molar-refractivity contribution is -0.751. The number of carbonyl (C=O) groups is 1. The molecule has 4 aromatic rings. The van der Waals surface area contributed by atoms with Gasteiger partial charge in [-0.05, 0) is 34.9 Å². The molecule has 2 aromatic carbocycles. The second-order valence-corrected chi connectivity index (χ2v) is 8.61. The van der Waals surface area contributed by atoms with E-state index in [-0.39, 0.29) is 23.8 Å². The Bertz CT molecular complexity index is 1410. The van der Waals surface area contributed by atoms with Gasteiger partial charge in [0.25, 0.3) is 18.0 Å². The number of halogens is 1. The average Bonchev–Trinajstić information content (AvgIpc) is 3.27. The molecule has 5 rings (SSSR count). The molecule has 0 N–H and O–H groups in total. The zero-order chi connectivity index (χ0) is 24.4. The van der Waals surface area contributed by atoms with Crippen molar-refractivity contribution in [1.29, 1.82) is 0 Å². The van der Waals surface area contributed by atoms with Gasteiger partial charge < -0.3 is 19.1 Å². The van der Waals surface area contributed by atoms with E-state index in [9.17, 15) is 19.1 Å². The maximum Gasteiger partial charge on any atom is 0.291 e. The first-order chi connectivity index (χ1) is 17.0. The van der Waals surface area contributed by atoms with E-state index in [1.807, 2.05) is 36.4 Å². The molecule has 0 unspecified atom stereocenters. The Morgan fingerprint density at radius 1 is 1.11 bits per heavy atom. The maximum absolute atomic E-state index is 13.5.